The summed E-state index contributed by atoms with van der Waals surface area (Å²) in [4.78, 5) is 10.1. The SMILES string of the molecule is CN(C)c1nccc(NCc2ccc(F)c(F)c2)n1. The van der Waals surface area contributed by atoms with E-state index in [1.165, 1.54) is 6.07 Å². The number of hydrogen-bond donors (Lipinski definition) is 1. The van der Waals surface area contributed by atoms with E-state index in [1.807, 2.05) is 14.1 Å². The van der Waals surface area contributed by atoms with Crippen molar-refractivity contribution in [1.29, 1.82) is 0 Å². The van der Waals surface area contributed by atoms with Gasteiger partial charge in [0.25, 0.3) is 0 Å². The van der Waals surface area contributed by atoms with E-state index >= 15 is 0 Å². The van der Waals surface area contributed by atoms with Gasteiger partial charge < -0.3 is 10.2 Å². The Bertz CT molecular complexity index is 572. The molecule has 0 amide bonds. The Labute approximate surface area is 110 Å². The third-order valence-electron chi connectivity index (χ3n) is 2.50. The second kappa shape index (κ2) is 5.60. The fourth-order valence-electron chi connectivity index (χ4n) is 1.50. The molecule has 0 saturated carbocycles. The van der Waals surface area contributed by atoms with E-state index < -0.39 is 11.6 Å². The van der Waals surface area contributed by atoms with E-state index in [4.69, 9.17) is 0 Å². The Kier molecular flexibility index (Phi) is 3.89. The van der Waals surface area contributed by atoms with E-state index in [9.17, 15) is 8.78 Å². The number of aromatic nitrogens is 2. The van der Waals surface area contributed by atoms with Gasteiger partial charge in [0.2, 0.25) is 5.95 Å². The van der Waals surface area contributed by atoms with Crippen molar-refractivity contribution < 1.29 is 8.78 Å². The van der Waals surface area contributed by atoms with Crippen LogP contribution in [-0.4, -0.2) is 24.1 Å². The van der Waals surface area contributed by atoms with E-state index in [-0.39, 0.29) is 0 Å². The molecule has 0 radical (unpaired) electrons. The highest BCUT2D eigenvalue weighted by Crippen LogP contribution is 2.12. The standard InChI is InChI=1S/C13H14F2N4/c1-19(2)13-16-6-5-12(18-13)17-8-9-3-4-10(14)11(15)7-9/h3-7H,8H2,1-2H3,(H,16,17,18). The Balaban J connectivity index is 2.05. The predicted molar refractivity (Wildman–Crippen MR) is 70.0 cm³/mol. The molecule has 0 aliphatic heterocycles. The molecule has 4 nitrogen and oxygen atoms in total. The van der Waals surface area contributed by atoms with Crippen LogP contribution in [0.1, 0.15) is 5.56 Å². The van der Waals surface area contributed by atoms with Crippen LogP contribution in [0, 0.1) is 11.6 Å². The molecule has 1 heterocycles. The maximum absolute atomic E-state index is 13.0. The van der Waals surface area contributed by atoms with Crippen LogP contribution in [0.15, 0.2) is 30.5 Å². The van der Waals surface area contributed by atoms with E-state index in [0.717, 1.165) is 12.1 Å². The van der Waals surface area contributed by atoms with Crippen molar-refractivity contribution in [3.05, 3.63) is 47.7 Å². The van der Waals surface area contributed by atoms with Gasteiger partial charge in [0, 0.05) is 26.8 Å². The molecule has 0 unspecified atom stereocenters. The molecule has 0 aliphatic rings. The first-order valence-corrected chi connectivity index (χ1v) is 5.74. The van der Waals surface area contributed by atoms with Crippen LogP contribution >= 0.6 is 0 Å². The lowest BCUT2D eigenvalue weighted by atomic mass is 10.2. The minimum atomic E-state index is -0.851. The molecule has 0 atom stereocenters. The van der Waals surface area contributed by atoms with Gasteiger partial charge >= 0.3 is 0 Å². The summed E-state index contributed by atoms with van der Waals surface area (Å²) in [6.07, 6.45) is 1.63. The van der Waals surface area contributed by atoms with Gasteiger partial charge in [0.15, 0.2) is 11.6 Å². The van der Waals surface area contributed by atoms with E-state index in [1.54, 1.807) is 17.2 Å². The van der Waals surface area contributed by atoms with Crippen molar-refractivity contribution in [2.24, 2.45) is 0 Å². The molecule has 0 fully saturated rings. The Morgan fingerprint density at radius 3 is 2.63 bits per heavy atom. The summed E-state index contributed by atoms with van der Waals surface area (Å²) in [6, 6.07) is 5.51. The maximum Gasteiger partial charge on any atom is 0.226 e. The number of nitrogens with zero attached hydrogens (tertiary/aromatic N) is 3. The molecular formula is C13H14F2N4. The van der Waals surface area contributed by atoms with Crippen LogP contribution in [0.5, 0.6) is 0 Å². The monoisotopic (exact) mass is 264 g/mol. The molecule has 6 heteroatoms. The molecule has 1 N–H and O–H groups in total. The molecule has 100 valence electrons. The molecule has 0 spiro atoms. The topological polar surface area (TPSA) is 41.1 Å². The summed E-state index contributed by atoms with van der Waals surface area (Å²) in [5.41, 5.74) is 0.643. The Morgan fingerprint density at radius 1 is 1.16 bits per heavy atom. The lowest BCUT2D eigenvalue weighted by Gasteiger charge is -2.11. The first-order valence-electron chi connectivity index (χ1n) is 5.74. The minimum Gasteiger partial charge on any atom is -0.366 e. The first-order chi connectivity index (χ1) is 9.06. The molecule has 2 aromatic rings. The molecule has 0 bridgehead atoms. The van der Waals surface area contributed by atoms with Crippen LogP contribution in [0.2, 0.25) is 0 Å². The third-order valence-corrected chi connectivity index (χ3v) is 2.50. The summed E-state index contributed by atoms with van der Waals surface area (Å²) >= 11 is 0. The Hall–Kier alpha value is -2.24. The highest BCUT2D eigenvalue weighted by atomic mass is 19.2. The largest absolute Gasteiger partial charge is 0.366 e. The zero-order valence-corrected chi connectivity index (χ0v) is 10.7. The molecule has 19 heavy (non-hydrogen) atoms. The lowest BCUT2D eigenvalue weighted by molar-refractivity contribution is 0.507. The van der Waals surface area contributed by atoms with Gasteiger partial charge in [-0.05, 0) is 23.8 Å². The van der Waals surface area contributed by atoms with Crippen molar-refractivity contribution in [1.82, 2.24) is 9.97 Å². The molecule has 0 aliphatic carbocycles. The Morgan fingerprint density at radius 2 is 1.95 bits per heavy atom. The van der Waals surface area contributed by atoms with Gasteiger partial charge in [0.05, 0.1) is 0 Å². The van der Waals surface area contributed by atoms with E-state index in [0.29, 0.717) is 23.9 Å². The van der Waals surface area contributed by atoms with Gasteiger partial charge in [0.1, 0.15) is 5.82 Å². The summed E-state index contributed by atoms with van der Waals surface area (Å²) < 4.78 is 25.8. The van der Waals surface area contributed by atoms with Crippen LogP contribution in [0.25, 0.3) is 0 Å². The zero-order chi connectivity index (χ0) is 13.8. The fraction of sp³-hybridized carbons (Fsp3) is 0.231. The molecule has 1 aromatic heterocycles. The number of rotatable bonds is 4. The summed E-state index contributed by atoms with van der Waals surface area (Å²) in [7, 11) is 3.68. The number of halogens is 2. The van der Waals surface area contributed by atoms with E-state index in [2.05, 4.69) is 15.3 Å². The van der Waals surface area contributed by atoms with Crippen molar-refractivity contribution in [2.45, 2.75) is 6.54 Å². The van der Waals surface area contributed by atoms with Crippen molar-refractivity contribution >= 4 is 11.8 Å². The smallest absolute Gasteiger partial charge is 0.226 e. The third kappa shape index (κ3) is 3.37. The second-order valence-corrected chi connectivity index (χ2v) is 4.24. The highest BCUT2D eigenvalue weighted by molar-refractivity contribution is 5.41. The van der Waals surface area contributed by atoms with Crippen LogP contribution in [0.3, 0.4) is 0 Å². The molecule has 0 saturated heterocycles. The van der Waals surface area contributed by atoms with Crippen molar-refractivity contribution in [3.8, 4) is 0 Å². The van der Waals surface area contributed by atoms with Gasteiger partial charge in [-0.1, -0.05) is 6.07 Å². The summed E-state index contributed by atoms with van der Waals surface area (Å²) in [5.74, 6) is -0.490. The van der Waals surface area contributed by atoms with Crippen molar-refractivity contribution in [3.63, 3.8) is 0 Å². The predicted octanol–water partition coefficient (Wildman–Crippen LogP) is 2.43. The quantitative estimate of drug-likeness (QED) is 0.920. The summed E-state index contributed by atoms with van der Waals surface area (Å²) in [6.45, 7) is 0.362. The maximum atomic E-state index is 13.0. The number of hydrogen-bond acceptors (Lipinski definition) is 4. The molecular weight excluding hydrogens is 250 g/mol. The average Bonchev–Trinajstić information content (AvgIpc) is 2.40. The number of anilines is 2. The van der Waals surface area contributed by atoms with Gasteiger partial charge in [-0.15, -0.1) is 0 Å². The molecule has 2 rings (SSSR count). The second-order valence-electron chi connectivity index (χ2n) is 4.24. The molecule has 1 aromatic carbocycles. The average molecular weight is 264 g/mol. The van der Waals surface area contributed by atoms with Gasteiger partial charge in [-0.3, -0.25) is 0 Å². The van der Waals surface area contributed by atoms with Crippen molar-refractivity contribution in [2.75, 3.05) is 24.3 Å². The fourth-order valence-corrected chi connectivity index (χ4v) is 1.50. The highest BCUT2D eigenvalue weighted by Gasteiger charge is 2.04. The van der Waals surface area contributed by atoms with Gasteiger partial charge in [-0.2, -0.15) is 4.98 Å². The minimum absolute atomic E-state index is 0.362. The van der Waals surface area contributed by atoms with Gasteiger partial charge in [-0.25, -0.2) is 13.8 Å². The first kappa shape index (κ1) is 13.2. The van der Waals surface area contributed by atoms with Crippen LogP contribution in [0.4, 0.5) is 20.5 Å². The number of nitrogens with one attached hydrogen (secondary N) is 1. The lowest BCUT2D eigenvalue weighted by Crippen LogP contribution is -2.13. The van der Waals surface area contributed by atoms with Crippen LogP contribution < -0.4 is 10.2 Å². The number of benzene rings is 1. The van der Waals surface area contributed by atoms with Crippen LogP contribution in [-0.2, 0) is 6.54 Å². The normalized spacial score (nSPS) is 10.3. The zero-order valence-electron chi connectivity index (χ0n) is 10.7. The summed E-state index contributed by atoms with van der Waals surface area (Å²) in [5, 5.41) is 3.04.